The third-order valence-electron chi connectivity index (χ3n) is 17.3. The lowest BCUT2D eigenvalue weighted by Gasteiger charge is -2.44. The first-order valence-electron chi connectivity index (χ1n) is 28.8. The largest absolute Gasteiger partial charge is 0.311 e. The van der Waals surface area contributed by atoms with E-state index in [9.17, 15) is 0 Å². The van der Waals surface area contributed by atoms with E-state index in [0.29, 0.717) is 0 Å². The molecule has 12 aromatic carbocycles. The van der Waals surface area contributed by atoms with Crippen LogP contribution in [-0.4, -0.2) is 16.3 Å². The number of hydrogen-bond donors (Lipinski definition) is 0. The van der Waals surface area contributed by atoms with Gasteiger partial charge in [-0.1, -0.05) is 221 Å². The molecule has 6 heteroatoms. The average Bonchev–Trinajstić information content (AvgIpc) is 1.90. The van der Waals surface area contributed by atoms with Gasteiger partial charge in [0.25, 0.3) is 6.71 Å². The quantitative estimate of drug-likeness (QED) is 0.112. The van der Waals surface area contributed by atoms with Crippen molar-refractivity contribution in [2.75, 3.05) is 14.7 Å². The second kappa shape index (κ2) is 19.1. The molecule has 0 unspecified atom stereocenters. The van der Waals surface area contributed by atoms with E-state index in [1.54, 1.807) is 0 Å². The molecule has 0 spiro atoms. The normalized spacial score (nSPS) is 12.7. The van der Waals surface area contributed by atoms with Gasteiger partial charge in [0.2, 0.25) is 0 Å². The summed E-state index contributed by atoms with van der Waals surface area (Å²) in [5.74, 6) is 1.71. The molecule has 4 heterocycles. The van der Waals surface area contributed by atoms with Crippen LogP contribution in [0.3, 0.4) is 0 Å². The minimum Gasteiger partial charge on any atom is -0.311 e. The third-order valence-corrected chi connectivity index (χ3v) is 17.3. The Bertz CT molecular complexity index is 4730. The zero-order valence-electron chi connectivity index (χ0n) is 46.4. The average molecular weight is 1060 g/mol. The Morgan fingerprint density at radius 3 is 1.36 bits per heavy atom. The molecule has 14 aromatic rings. The summed E-state index contributed by atoms with van der Waals surface area (Å²) in [6.07, 6.45) is 0. The van der Waals surface area contributed by atoms with Crippen molar-refractivity contribution >= 4 is 118 Å². The van der Waals surface area contributed by atoms with Crippen molar-refractivity contribution in [3.05, 3.63) is 291 Å². The van der Waals surface area contributed by atoms with Gasteiger partial charge in [-0.3, -0.25) is 9.80 Å². The first-order valence-corrected chi connectivity index (χ1v) is 28.8. The van der Waals surface area contributed by atoms with E-state index >= 15 is 0 Å². The second-order valence-corrected chi connectivity index (χ2v) is 23.1. The van der Waals surface area contributed by atoms with Gasteiger partial charge in [0.05, 0.1) is 16.7 Å². The Hall–Kier alpha value is -10.4. The summed E-state index contributed by atoms with van der Waals surface area (Å²) in [5.41, 5.74) is 20.7. The van der Waals surface area contributed by atoms with Crippen LogP contribution in [0.25, 0.3) is 71.3 Å². The second-order valence-electron chi connectivity index (χ2n) is 23.1. The first kappa shape index (κ1) is 48.5. The molecule has 392 valence electrons. The van der Waals surface area contributed by atoms with Crippen LogP contribution in [0.2, 0.25) is 0 Å². The van der Waals surface area contributed by atoms with Gasteiger partial charge in [-0.25, -0.2) is 4.98 Å². The molecule has 0 saturated heterocycles. The Labute approximate surface area is 484 Å². The van der Waals surface area contributed by atoms with Crippen molar-refractivity contribution in [2.45, 2.75) is 26.2 Å². The van der Waals surface area contributed by atoms with Crippen LogP contribution in [0.15, 0.2) is 285 Å². The summed E-state index contributed by atoms with van der Waals surface area (Å²) in [5, 5.41) is 7.38. The lowest BCUT2D eigenvalue weighted by molar-refractivity contribution is 0.590. The fourth-order valence-electron chi connectivity index (χ4n) is 13.6. The van der Waals surface area contributed by atoms with Gasteiger partial charge in [-0.15, -0.1) is 0 Å². The Kier molecular flexibility index (Phi) is 11.2. The molecule has 0 fully saturated rings. The number of pyridine rings is 1. The highest BCUT2D eigenvalue weighted by atomic mass is 15.3. The summed E-state index contributed by atoms with van der Waals surface area (Å²) in [4.78, 5) is 13.3. The minimum atomic E-state index is -0.128. The van der Waals surface area contributed by atoms with E-state index in [2.05, 4.69) is 325 Å². The summed E-state index contributed by atoms with van der Waals surface area (Å²) in [7, 11) is 0. The molecule has 83 heavy (non-hydrogen) atoms. The Morgan fingerprint density at radius 1 is 0.361 bits per heavy atom. The van der Waals surface area contributed by atoms with Crippen LogP contribution in [0.4, 0.5) is 51.4 Å². The van der Waals surface area contributed by atoms with E-state index in [-0.39, 0.29) is 12.1 Å². The topological polar surface area (TPSA) is 27.5 Å². The summed E-state index contributed by atoms with van der Waals surface area (Å²) in [6.45, 7) is 6.70. The van der Waals surface area contributed by atoms with E-state index in [1.807, 2.05) is 0 Å². The molecule has 16 rings (SSSR count). The van der Waals surface area contributed by atoms with E-state index in [4.69, 9.17) is 4.98 Å². The van der Waals surface area contributed by atoms with Gasteiger partial charge in [0, 0.05) is 50.6 Å². The molecular weight excluding hydrogens is 1010 g/mol. The Balaban J connectivity index is 0.928. The van der Waals surface area contributed by atoms with Crippen molar-refractivity contribution in [1.82, 2.24) is 9.55 Å². The summed E-state index contributed by atoms with van der Waals surface area (Å²) < 4.78 is 2.46. The monoisotopic (exact) mass is 1060 g/mol. The van der Waals surface area contributed by atoms with Gasteiger partial charge in [-0.05, 0) is 156 Å². The lowest BCUT2D eigenvalue weighted by atomic mass is 9.33. The van der Waals surface area contributed by atoms with Crippen LogP contribution < -0.4 is 31.1 Å². The number of hydrogen-bond acceptors (Lipinski definition) is 4. The molecule has 0 aliphatic carbocycles. The standard InChI is InChI=1S/C77H56BN5/c1-77(2,3)53-41-45-57(46-42-53)80(56-43-39-52(40-44-56)74-63-33-15-13-31-61(63)73(51-23-7-4-8-24-51)62-32-14-16-34-64(62)74)72-48-47-66-76(79-72)83(55-27-11-6-12-28-55)71-50-58(82-67-36-20-17-29-59(67)60-30-18-21-37-68(60)82)49-70-75(71)78(66)65-35-19-22-38-69(65)81(70)54-25-9-5-10-26-54/h4-50H,1-3H3. The molecule has 5 nitrogen and oxygen atoms in total. The number of fused-ring (bicyclic) bond motifs is 9. The van der Waals surface area contributed by atoms with E-state index in [1.165, 1.54) is 65.5 Å². The van der Waals surface area contributed by atoms with E-state index < -0.39 is 0 Å². The van der Waals surface area contributed by atoms with Gasteiger partial charge in [0.15, 0.2) is 0 Å². The highest BCUT2D eigenvalue weighted by Crippen LogP contribution is 2.49. The zero-order valence-corrected chi connectivity index (χ0v) is 46.4. The molecule has 0 atom stereocenters. The molecule has 0 radical (unpaired) electrons. The number of rotatable bonds is 8. The maximum Gasteiger partial charge on any atom is 0.254 e. The molecule has 2 aliphatic heterocycles. The fraction of sp³-hybridized carbons (Fsp3) is 0.0519. The number of aromatic nitrogens is 2. The van der Waals surface area contributed by atoms with E-state index in [0.717, 1.165) is 79.2 Å². The van der Waals surface area contributed by atoms with Crippen LogP contribution >= 0.6 is 0 Å². The predicted octanol–water partition coefficient (Wildman–Crippen LogP) is 18.7. The maximum atomic E-state index is 6.02. The van der Waals surface area contributed by atoms with Crippen molar-refractivity contribution in [3.63, 3.8) is 0 Å². The summed E-state index contributed by atoms with van der Waals surface area (Å²) >= 11 is 0. The van der Waals surface area contributed by atoms with Gasteiger partial charge in [0.1, 0.15) is 11.6 Å². The molecule has 2 aromatic heterocycles. The lowest BCUT2D eigenvalue weighted by Crippen LogP contribution is -2.61. The zero-order chi connectivity index (χ0) is 55.3. The molecule has 0 amide bonds. The highest BCUT2D eigenvalue weighted by Gasteiger charge is 2.45. The first-order chi connectivity index (χ1) is 40.9. The maximum absolute atomic E-state index is 6.02. The summed E-state index contributed by atoms with van der Waals surface area (Å²) in [6, 6.07) is 105. The molecule has 0 saturated carbocycles. The minimum absolute atomic E-state index is 0.0242. The number of anilines is 9. The highest BCUT2D eigenvalue weighted by molar-refractivity contribution is 7.00. The predicted molar refractivity (Wildman–Crippen MR) is 352 cm³/mol. The van der Waals surface area contributed by atoms with Crippen molar-refractivity contribution < 1.29 is 0 Å². The fourth-order valence-corrected chi connectivity index (χ4v) is 13.6. The smallest absolute Gasteiger partial charge is 0.254 e. The number of para-hydroxylation sites is 5. The van der Waals surface area contributed by atoms with Gasteiger partial charge >= 0.3 is 0 Å². The van der Waals surface area contributed by atoms with Crippen LogP contribution in [0.1, 0.15) is 26.3 Å². The SMILES string of the molecule is CC(C)(C)c1ccc(N(c2ccc(-c3c4ccccc4c(-c4ccccc4)c4ccccc34)cc2)c2ccc3c(n2)N(c2ccccc2)c2cc(-n4c5ccccc5c5ccccc54)cc4c2B3c2ccccc2N4c2ccccc2)cc1. The van der Waals surface area contributed by atoms with Crippen molar-refractivity contribution in [2.24, 2.45) is 0 Å². The molecule has 0 bridgehead atoms. The van der Waals surface area contributed by atoms with Crippen LogP contribution in [0, 0.1) is 0 Å². The number of nitrogens with zero attached hydrogens (tertiary/aromatic N) is 5. The third kappa shape index (κ3) is 7.74. The van der Waals surface area contributed by atoms with Crippen molar-refractivity contribution in [3.8, 4) is 27.9 Å². The van der Waals surface area contributed by atoms with Crippen molar-refractivity contribution in [1.29, 1.82) is 0 Å². The molecule has 2 aliphatic rings. The Morgan fingerprint density at radius 2 is 0.807 bits per heavy atom. The van der Waals surface area contributed by atoms with Crippen LogP contribution in [0.5, 0.6) is 0 Å². The number of benzene rings is 12. The van der Waals surface area contributed by atoms with Gasteiger partial charge < -0.3 is 9.47 Å². The van der Waals surface area contributed by atoms with Gasteiger partial charge in [-0.2, -0.15) is 0 Å². The van der Waals surface area contributed by atoms with Crippen LogP contribution in [-0.2, 0) is 5.41 Å². The molecule has 0 N–H and O–H groups in total. The molecular formula is C77H56BN5.